The van der Waals surface area contributed by atoms with Crippen molar-refractivity contribution >= 4 is 21.7 Å². The lowest BCUT2D eigenvalue weighted by Crippen LogP contribution is -2.10. The first-order valence-corrected chi connectivity index (χ1v) is 11.2. The third kappa shape index (κ3) is 5.56. The molecule has 1 aromatic heterocycles. The molecule has 0 saturated heterocycles. The summed E-state index contributed by atoms with van der Waals surface area (Å²) < 4.78 is 60.6. The van der Waals surface area contributed by atoms with Gasteiger partial charge in [-0.25, -0.2) is 23.1 Å². The maximum absolute atomic E-state index is 14.2. The first-order chi connectivity index (χ1) is 14.7. The predicted octanol–water partition coefficient (Wildman–Crippen LogP) is 4.47. The number of hydrogen-bond donors (Lipinski definition) is 3. The zero-order chi connectivity index (χ0) is 22.6. The molecule has 2 N–H and O–H groups in total. The molecule has 0 bridgehead atoms. The van der Waals surface area contributed by atoms with Gasteiger partial charge in [0.1, 0.15) is 23.1 Å². The average Bonchev–Trinajstić information content (AvgIpc) is 2.69. The minimum atomic E-state index is -2.83. The van der Waals surface area contributed by atoms with Crippen molar-refractivity contribution in [1.29, 1.82) is 5.26 Å². The van der Waals surface area contributed by atoms with Crippen molar-refractivity contribution in [2.24, 2.45) is 4.36 Å². The summed E-state index contributed by atoms with van der Waals surface area (Å²) in [5.41, 5.74) is 0.531. The summed E-state index contributed by atoms with van der Waals surface area (Å²) in [5.74, 6) is -2.09. The number of rotatable bonds is 6. The van der Waals surface area contributed by atoms with Crippen LogP contribution in [0.2, 0.25) is 0 Å². The first kappa shape index (κ1) is 22.2. The largest absolute Gasteiger partial charge is 0.497 e. The Kier molecular flexibility index (Phi) is 6.53. The molecule has 0 aliphatic carbocycles. The fraction of sp³-hybridized carbons (Fsp3) is 0.150. The summed E-state index contributed by atoms with van der Waals surface area (Å²) >= 11 is 0. The lowest BCUT2D eigenvalue weighted by Gasteiger charge is -2.17. The summed E-state index contributed by atoms with van der Waals surface area (Å²) in [6.07, 6.45) is 3.98. The highest BCUT2D eigenvalue weighted by molar-refractivity contribution is 7.98. The summed E-state index contributed by atoms with van der Waals surface area (Å²) in [7, 11) is -1.38. The molecule has 7 nitrogen and oxygen atoms in total. The van der Waals surface area contributed by atoms with E-state index in [9.17, 15) is 17.7 Å². The van der Waals surface area contributed by atoms with Gasteiger partial charge < -0.3 is 14.6 Å². The van der Waals surface area contributed by atoms with E-state index in [-0.39, 0.29) is 23.0 Å². The number of methoxy groups -OCH3 is 1. The molecule has 0 radical (unpaired) electrons. The van der Waals surface area contributed by atoms with Crippen LogP contribution in [0.1, 0.15) is 5.56 Å². The Balaban J connectivity index is 1.96. The van der Waals surface area contributed by atoms with Gasteiger partial charge >= 0.3 is 0 Å². The van der Waals surface area contributed by atoms with Gasteiger partial charge in [0, 0.05) is 29.1 Å². The van der Waals surface area contributed by atoms with Crippen LogP contribution in [-0.2, 0) is 15.9 Å². The molecule has 0 saturated carbocycles. The topological polar surface area (TPSA) is 103 Å². The van der Waals surface area contributed by atoms with E-state index in [0.29, 0.717) is 23.1 Å². The number of nitriles is 1. The second-order valence-corrected chi connectivity index (χ2v) is 9.35. The predicted molar refractivity (Wildman–Crippen MR) is 113 cm³/mol. The smallest absolute Gasteiger partial charge is 0.227 e. The highest BCUT2D eigenvalue weighted by atomic mass is 32.3. The van der Waals surface area contributed by atoms with E-state index < -0.39 is 27.6 Å². The van der Waals surface area contributed by atoms with Crippen LogP contribution in [-0.4, -0.2) is 27.9 Å². The Morgan fingerprint density at radius 3 is 2.65 bits per heavy atom. The molecule has 3 aromatic rings. The second-order valence-electron chi connectivity index (χ2n) is 6.66. The Labute approximate surface area is 177 Å². The zero-order valence-electron chi connectivity index (χ0n) is 16.5. The van der Waals surface area contributed by atoms with Gasteiger partial charge in [0.05, 0.1) is 13.3 Å². The van der Waals surface area contributed by atoms with Crippen molar-refractivity contribution in [3.05, 3.63) is 65.6 Å². The van der Waals surface area contributed by atoms with Crippen molar-refractivity contribution in [3.63, 3.8) is 0 Å². The third-order valence-electron chi connectivity index (χ3n) is 4.13. The molecule has 162 valence electrons. The molecule has 0 aliphatic rings. The number of halogens is 3. The lowest BCUT2D eigenvalue weighted by atomic mass is 10.1. The maximum Gasteiger partial charge on any atom is 0.227 e. The van der Waals surface area contributed by atoms with Crippen molar-refractivity contribution in [1.82, 2.24) is 9.97 Å². The highest BCUT2D eigenvalue weighted by Crippen LogP contribution is 2.28. The Hall–Kier alpha value is -3.49. The summed E-state index contributed by atoms with van der Waals surface area (Å²) in [6.45, 7) is 0. The minimum absolute atomic E-state index is 0.0393. The van der Waals surface area contributed by atoms with Crippen LogP contribution in [0.4, 0.5) is 24.8 Å². The highest BCUT2D eigenvalue weighted by Gasteiger charge is 2.15. The number of ether oxygens (including phenoxy) is 1. The summed E-state index contributed by atoms with van der Waals surface area (Å²) in [4.78, 5) is 7.87. The van der Waals surface area contributed by atoms with Gasteiger partial charge in [-0.15, -0.1) is 4.36 Å². The summed E-state index contributed by atoms with van der Waals surface area (Å²) in [5, 5.41) is 11.6. The monoisotopic (exact) mass is 449 g/mol. The van der Waals surface area contributed by atoms with Crippen molar-refractivity contribution in [3.8, 4) is 23.2 Å². The van der Waals surface area contributed by atoms with Crippen LogP contribution in [0.25, 0.3) is 11.3 Å². The maximum atomic E-state index is 14.2. The molecule has 2 aromatic carbocycles. The number of nitrogens with zero attached hydrogens (tertiary/aromatic N) is 4. The minimum Gasteiger partial charge on any atom is -0.497 e. The number of aromatic nitrogens is 2. The van der Waals surface area contributed by atoms with E-state index in [2.05, 4.69) is 19.6 Å². The molecule has 0 amide bonds. The molecule has 0 spiro atoms. The standard InChI is InChI=1S/C20H18F3N5O2S/c1-30-15-6-12(10-31(2,29)26-11-24)5-14(8-15)27-20-25-9-18(23)19(28-20)16-4-3-13(21)7-17(16)22/h3-9,31H,10H2,1-2H3,(H,26,29)(H,25,27,28). The van der Waals surface area contributed by atoms with Crippen molar-refractivity contribution < 1.29 is 22.5 Å². The molecule has 0 atom stereocenters. The van der Waals surface area contributed by atoms with E-state index in [1.807, 2.05) is 0 Å². The third-order valence-corrected chi connectivity index (χ3v) is 5.62. The zero-order valence-corrected chi connectivity index (χ0v) is 17.4. The second kappa shape index (κ2) is 9.11. The number of hydrogen-bond acceptors (Lipinski definition) is 6. The van der Waals surface area contributed by atoms with Crippen LogP contribution in [0.15, 0.2) is 47.0 Å². The van der Waals surface area contributed by atoms with Gasteiger partial charge in [-0.2, -0.15) is 5.26 Å². The van der Waals surface area contributed by atoms with E-state index in [1.165, 1.54) is 13.4 Å². The van der Waals surface area contributed by atoms with Gasteiger partial charge in [0.25, 0.3) is 0 Å². The molecule has 11 heteroatoms. The molecule has 3 rings (SSSR count). The Bertz CT molecular complexity index is 1220. The molecule has 31 heavy (non-hydrogen) atoms. The lowest BCUT2D eigenvalue weighted by molar-refractivity contribution is 0.414. The molecule has 0 fully saturated rings. The van der Waals surface area contributed by atoms with Crippen molar-refractivity contribution in [2.45, 2.75) is 5.75 Å². The van der Waals surface area contributed by atoms with Crippen LogP contribution < -0.4 is 10.1 Å². The SMILES string of the molecule is COc1cc(C[SH](C)(O)=NC#N)cc(Nc2ncc(F)c(-c3ccc(F)cc3F)n2)c1. The molecule has 0 unspecified atom stereocenters. The van der Waals surface area contributed by atoms with Crippen molar-refractivity contribution in [2.75, 3.05) is 18.7 Å². The Morgan fingerprint density at radius 1 is 1.19 bits per heavy atom. The van der Waals surface area contributed by atoms with E-state index in [1.54, 1.807) is 24.4 Å². The fourth-order valence-electron chi connectivity index (χ4n) is 2.85. The summed E-state index contributed by atoms with van der Waals surface area (Å²) in [6, 6.07) is 7.69. The number of benzene rings is 2. The van der Waals surface area contributed by atoms with Crippen LogP contribution in [0.3, 0.4) is 0 Å². The Morgan fingerprint density at radius 2 is 1.97 bits per heavy atom. The molecular formula is C20H18F3N5O2S. The van der Waals surface area contributed by atoms with Crippen LogP contribution in [0.5, 0.6) is 5.75 Å². The average molecular weight is 449 g/mol. The van der Waals surface area contributed by atoms with Crippen LogP contribution >= 0.6 is 0 Å². The first-order valence-electron chi connectivity index (χ1n) is 8.83. The number of thiol groups is 1. The molecule has 0 aliphatic heterocycles. The normalized spacial score (nSPS) is 11.5. The number of anilines is 2. The van der Waals surface area contributed by atoms with Gasteiger partial charge in [-0.1, -0.05) is 10.1 Å². The van der Waals surface area contributed by atoms with Gasteiger partial charge in [-0.3, -0.25) is 0 Å². The molecule has 1 heterocycles. The van der Waals surface area contributed by atoms with Gasteiger partial charge in [0.2, 0.25) is 12.1 Å². The van der Waals surface area contributed by atoms with Gasteiger partial charge in [0.15, 0.2) is 5.82 Å². The van der Waals surface area contributed by atoms with Crippen LogP contribution in [0, 0.1) is 28.9 Å². The van der Waals surface area contributed by atoms with E-state index in [4.69, 9.17) is 10.00 Å². The quantitative estimate of drug-likeness (QED) is 0.379. The number of nitrogens with one attached hydrogen (secondary N) is 1. The van der Waals surface area contributed by atoms with E-state index >= 15 is 0 Å². The van der Waals surface area contributed by atoms with Gasteiger partial charge in [-0.05, 0) is 36.1 Å². The fourth-order valence-corrected chi connectivity index (χ4v) is 3.98. The molecular weight excluding hydrogens is 431 g/mol. The van der Waals surface area contributed by atoms with E-state index in [0.717, 1.165) is 18.3 Å².